The van der Waals surface area contributed by atoms with Crippen molar-refractivity contribution in [1.29, 1.82) is 0 Å². The minimum Gasteiger partial charge on any atom is -0.493 e. The van der Waals surface area contributed by atoms with Gasteiger partial charge in [0.05, 0.1) is 14.2 Å². The molecule has 2 N–H and O–H groups in total. The molecule has 2 aromatic rings. The third-order valence-electron chi connectivity index (χ3n) is 6.12. The van der Waals surface area contributed by atoms with Gasteiger partial charge in [-0.3, -0.25) is 0 Å². The van der Waals surface area contributed by atoms with Crippen molar-refractivity contribution in [1.82, 2.24) is 0 Å². The van der Waals surface area contributed by atoms with Crippen LogP contribution >= 0.6 is 11.3 Å². The number of aryl methyl sites for hydroxylation is 1. The van der Waals surface area contributed by atoms with Gasteiger partial charge in [-0.15, -0.1) is 11.3 Å². The molecule has 1 saturated carbocycles. The number of nitrogens with two attached hydrogens (primary N) is 1. The fourth-order valence-electron chi connectivity index (χ4n) is 4.67. The summed E-state index contributed by atoms with van der Waals surface area (Å²) < 4.78 is 11.1. The minimum absolute atomic E-state index is 0.165. The number of methoxy groups -OCH3 is 2. The molecule has 0 saturated heterocycles. The lowest BCUT2D eigenvalue weighted by atomic mass is 9.78. The van der Waals surface area contributed by atoms with Crippen molar-refractivity contribution in [2.45, 2.75) is 62.8 Å². The summed E-state index contributed by atoms with van der Waals surface area (Å²) in [6.45, 7) is 0. The van der Waals surface area contributed by atoms with Gasteiger partial charge >= 0.3 is 0 Å². The quantitative estimate of drug-likeness (QED) is 0.801. The van der Waals surface area contributed by atoms with Crippen LogP contribution in [0.1, 0.15) is 71.2 Å². The van der Waals surface area contributed by atoms with Gasteiger partial charge in [-0.05, 0) is 67.0 Å². The van der Waals surface area contributed by atoms with Crippen LogP contribution in [-0.2, 0) is 6.42 Å². The second-order valence-electron chi connectivity index (χ2n) is 7.66. The maximum atomic E-state index is 6.61. The van der Waals surface area contributed by atoms with Gasteiger partial charge in [0.2, 0.25) is 0 Å². The second-order valence-corrected chi connectivity index (χ2v) is 8.81. The highest BCUT2D eigenvalue weighted by atomic mass is 32.1. The highest BCUT2D eigenvalue weighted by Crippen LogP contribution is 2.45. The van der Waals surface area contributed by atoms with E-state index in [0.717, 1.165) is 30.3 Å². The molecule has 0 bridgehead atoms. The van der Waals surface area contributed by atoms with Crippen molar-refractivity contribution in [3.05, 3.63) is 45.1 Å². The molecule has 4 heteroatoms. The SMILES string of the molecule is COc1cc2c(cc1OC)[C@H](c1ccc(C3CCCCC3)s1)[C@@H](N)CC2. The Morgan fingerprint density at radius 1 is 0.923 bits per heavy atom. The van der Waals surface area contributed by atoms with E-state index in [0.29, 0.717) is 0 Å². The molecule has 1 heterocycles. The van der Waals surface area contributed by atoms with E-state index in [9.17, 15) is 0 Å². The molecule has 2 aliphatic carbocycles. The number of rotatable bonds is 4. The van der Waals surface area contributed by atoms with E-state index >= 15 is 0 Å². The molecule has 0 aliphatic heterocycles. The molecular formula is C22H29NO2S. The van der Waals surface area contributed by atoms with Gasteiger partial charge in [0.15, 0.2) is 11.5 Å². The highest BCUT2D eigenvalue weighted by molar-refractivity contribution is 7.12. The molecule has 3 nitrogen and oxygen atoms in total. The Morgan fingerprint density at radius 2 is 1.62 bits per heavy atom. The number of thiophene rings is 1. The average molecular weight is 372 g/mol. The van der Waals surface area contributed by atoms with E-state index in [1.54, 1.807) is 19.1 Å². The average Bonchev–Trinajstić information content (AvgIpc) is 3.17. The number of hydrogen-bond donors (Lipinski definition) is 1. The summed E-state index contributed by atoms with van der Waals surface area (Å²) in [5.74, 6) is 2.64. The van der Waals surface area contributed by atoms with Crippen LogP contribution in [-0.4, -0.2) is 20.3 Å². The first-order valence-electron chi connectivity index (χ1n) is 9.81. The molecule has 0 radical (unpaired) electrons. The molecule has 1 aromatic heterocycles. The monoisotopic (exact) mass is 371 g/mol. The molecule has 26 heavy (non-hydrogen) atoms. The third-order valence-corrected chi connectivity index (χ3v) is 7.45. The van der Waals surface area contributed by atoms with E-state index < -0.39 is 0 Å². The topological polar surface area (TPSA) is 44.5 Å². The summed E-state index contributed by atoms with van der Waals surface area (Å²) in [5.41, 5.74) is 9.28. The predicted molar refractivity (Wildman–Crippen MR) is 108 cm³/mol. The molecule has 0 spiro atoms. The van der Waals surface area contributed by atoms with Gasteiger partial charge in [0.1, 0.15) is 0 Å². The number of ether oxygens (including phenoxy) is 2. The summed E-state index contributed by atoms with van der Waals surface area (Å²) in [6.07, 6.45) is 8.87. The first kappa shape index (κ1) is 17.9. The van der Waals surface area contributed by atoms with Gasteiger partial charge in [-0.25, -0.2) is 0 Å². The van der Waals surface area contributed by atoms with Crippen molar-refractivity contribution in [3.63, 3.8) is 0 Å². The van der Waals surface area contributed by atoms with Crippen LogP contribution in [0.2, 0.25) is 0 Å². The molecule has 140 valence electrons. The molecule has 4 rings (SSSR count). The number of benzene rings is 1. The lowest BCUT2D eigenvalue weighted by molar-refractivity contribution is 0.352. The van der Waals surface area contributed by atoms with Crippen LogP contribution in [0.5, 0.6) is 11.5 Å². The summed E-state index contributed by atoms with van der Waals surface area (Å²) in [6, 6.07) is 9.14. The van der Waals surface area contributed by atoms with Gasteiger partial charge in [0, 0.05) is 21.7 Å². The zero-order valence-corrected chi connectivity index (χ0v) is 16.6. The maximum Gasteiger partial charge on any atom is 0.161 e. The van der Waals surface area contributed by atoms with Gasteiger partial charge < -0.3 is 15.2 Å². The predicted octanol–water partition coefficient (Wildman–Crippen LogP) is 5.22. The molecule has 2 atom stereocenters. The Labute approximate surface area is 160 Å². The lowest BCUT2D eigenvalue weighted by Crippen LogP contribution is -2.33. The lowest BCUT2D eigenvalue weighted by Gasteiger charge is -2.31. The van der Waals surface area contributed by atoms with Gasteiger partial charge in [-0.2, -0.15) is 0 Å². The highest BCUT2D eigenvalue weighted by Gasteiger charge is 2.31. The van der Waals surface area contributed by atoms with Crippen LogP contribution in [0, 0.1) is 0 Å². The summed E-state index contributed by atoms with van der Waals surface area (Å²) in [4.78, 5) is 2.96. The van der Waals surface area contributed by atoms with Crippen molar-refractivity contribution in [2.75, 3.05) is 14.2 Å². The van der Waals surface area contributed by atoms with Crippen LogP contribution in [0.4, 0.5) is 0 Å². The molecule has 1 aromatic carbocycles. The number of hydrogen-bond acceptors (Lipinski definition) is 4. The second kappa shape index (κ2) is 7.61. The van der Waals surface area contributed by atoms with Crippen molar-refractivity contribution in [2.24, 2.45) is 5.73 Å². The Kier molecular flexibility index (Phi) is 5.23. The number of fused-ring (bicyclic) bond motifs is 1. The van der Waals surface area contributed by atoms with Crippen molar-refractivity contribution in [3.8, 4) is 11.5 Å². The van der Waals surface area contributed by atoms with Crippen LogP contribution in [0.3, 0.4) is 0 Å². The zero-order valence-electron chi connectivity index (χ0n) is 15.8. The molecule has 2 aliphatic rings. The summed E-state index contributed by atoms with van der Waals surface area (Å²) in [5, 5.41) is 0. The van der Waals surface area contributed by atoms with Crippen molar-refractivity contribution >= 4 is 11.3 Å². The van der Waals surface area contributed by atoms with E-state index in [-0.39, 0.29) is 12.0 Å². The Hall–Kier alpha value is -1.52. The van der Waals surface area contributed by atoms with E-state index in [4.69, 9.17) is 15.2 Å². The molecule has 0 amide bonds. The first-order chi connectivity index (χ1) is 12.7. The normalized spacial score (nSPS) is 23.5. The summed E-state index contributed by atoms with van der Waals surface area (Å²) >= 11 is 1.98. The first-order valence-corrected chi connectivity index (χ1v) is 10.6. The van der Waals surface area contributed by atoms with Crippen LogP contribution in [0.15, 0.2) is 24.3 Å². The van der Waals surface area contributed by atoms with Crippen LogP contribution < -0.4 is 15.2 Å². The smallest absolute Gasteiger partial charge is 0.161 e. The van der Waals surface area contributed by atoms with Gasteiger partial charge in [-0.1, -0.05) is 19.3 Å². The van der Waals surface area contributed by atoms with Crippen molar-refractivity contribution < 1.29 is 9.47 Å². The Bertz CT molecular complexity index is 763. The standard InChI is InChI=1S/C22H29NO2S/c1-24-18-12-15-8-9-17(23)22(16(15)13-19(18)25-2)21-11-10-20(26-21)14-6-4-3-5-7-14/h10-14,17,22H,3-9,23H2,1-2H3/t17-,22-/m0/s1. The largest absolute Gasteiger partial charge is 0.493 e. The van der Waals surface area contributed by atoms with Gasteiger partial charge in [0.25, 0.3) is 0 Å². The Balaban J connectivity index is 1.70. The minimum atomic E-state index is 0.165. The van der Waals surface area contributed by atoms with Crippen LogP contribution in [0.25, 0.3) is 0 Å². The fraction of sp³-hybridized carbons (Fsp3) is 0.545. The third kappa shape index (κ3) is 3.25. The molecule has 1 fully saturated rings. The van der Waals surface area contributed by atoms with E-state index in [2.05, 4.69) is 24.3 Å². The Morgan fingerprint density at radius 3 is 2.35 bits per heavy atom. The molecular weight excluding hydrogens is 342 g/mol. The van der Waals surface area contributed by atoms with E-state index in [1.807, 2.05) is 11.3 Å². The van der Waals surface area contributed by atoms with E-state index in [1.165, 1.54) is 48.1 Å². The summed E-state index contributed by atoms with van der Waals surface area (Å²) in [7, 11) is 3.40. The zero-order chi connectivity index (χ0) is 18.1. The fourth-order valence-corrected chi connectivity index (χ4v) is 6.04. The maximum absolute atomic E-state index is 6.61. The molecule has 0 unspecified atom stereocenters.